The third kappa shape index (κ3) is 5.17. The number of likely N-dealkylation sites (tertiary alicyclic amines) is 2. The second kappa shape index (κ2) is 9.13. The highest BCUT2D eigenvalue weighted by Crippen LogP contribution is 2.33. The summed E-state index contributed by atoms with van der Waals surface area (Å²) in [4.78, 5) is 30.3. The van der Waals surface area contributed by atoms with E-state index in [1.807, 2.05) is 5.38 Å². The average molecular weight is 441 g/mol. The Morgan fingerprint density at radius 2 is 1.80 bits per heavy atom. The normalized spacial score (nSPS) is 21.1. The minimum atomic E-state index is -5.08. The van der Waals surface area contributed by atoms with Crippen LogP contribution in [0.5, 0.6) is 0 Å². The minimum absolute atomic E-state index is 0.107. The van der Waals surface area contributed by atoms with Crippen LogP contribution in [0.4, 0.5) is 13.2 Å². The van der Waals surface area contributed by atoms with Gasteiger partial charge in [0.2, 0.25) is 0 Å². The van der Waals surface area contributed by atoms with Crippen molar-refractivity contribution in [3.8, 4) is 0 Å². The van der Waals surface area contributed by atoms with Crippen molar-refractivity contribution in [1.29, 1.82) is 0 Å². The summed E-state index contributed by atoms with van der Waals surface area (Å²) in [6.07, 6.45) is -2.93. The van der Waals surface area contributed by atoms with Crippen LogP contribution in [-0.4, -0.2) is 63.1 Å². The van der Waals surface area contributed by atoms with Gasteiger partial charge in [-0.05, 0) is 25.3 Å². The van der Waals surface area contributed by atoms with Crippen LogP contribution in [0, 0.1) is 6.92 Å². The molecule has 0 unspecified atom stereocenters. The van der Waals surface area contributed by atoms with Gasteiger partial charge in [0.15, 0.2) is 0 Å². The predicted molar refractivity (Wildman–Crippen MR) is 105 cm³/mol. The molecule has 0 spiro atoms. The molecule has 162 valence electrons. The number of nitrogens with zero attached hydrogens (tertiary/aromatic N) is 3. The lowest BCUT2D eigenvalue weighted by molar-refractivity contribution is -0.192. The molecule has 1 aromatic carbocycles. The fourth-order valence-corrected chi connectivity index (χ4v) is 4.44. The molecule has 2 atom stereocenters. The fraction of sp³-hybridized carbons (Fsp3) is 0.450. The molecule has 2 aliphatic heterocycles. The largest absolute Gasteiger partial charge is 0.490 e. The molecular weight excluding hydrogens is 419 g/mol. The molecule has 2 aromatic rings. The van der Waals surface area contributed by atoms with Gasteiger partial charge < -0.3 is 10.0 Å². The number of thiazole rings is 1. The van der Waals surface area contributed by atoms with Gasteiger partial charge >= 0.3 is 12.1 Å². The number of carbonyl (C=O) groups excluding carboxylic acids is 1. The first kappa shape index (κ1) is 22.2. The van der Waals surface area contributed by atoms with Crippen molar-refractivity contribution in [2.45, 2.75) is 44.6 Å². The Labute approximate surface area is 175 Å². The summed E-state index contributed by atoms with van der Waals surface area (Å²) in [6.45, 7) is 5.04. The zero-order valence-electron chi connectivity index (χ0n) is 16.3. The van der Waals surface area contributed by atoms with Crippen LogP contribution in [0.3, 0.4) is 0 Å². The van der Waals surface area contributed by atoms with Gasteiger partial charge in [0.1, 0.15) is 5.69 Å². The molecule has 2 fully saturated rings. The van der Waals surface area contributed by atoms with Crippen LogP contribution in [0.2, 0.25) is 0 Å². The number of aryl methyl sites for hydroxylation is 1. The quantitative estimate of drug-likeness (QED) is 0.788. The molecule has 3 heterocycles. The number of hydrogen-bond donors (Lipinski definition) is 1. The summed E-state index contributed by atoms with van der Waals surface area (Å²) < 4.78 is 31.7. The third-order valence-electron chi connectivity index (χ3n) is 5.35. The summed E-state index contributed by atoms with van der Waals surface area (Å²) >= 11 is 1.49. The van der Waals surface area contributed by atoms with Crippen molar-refractivity contribution < 1.29 is 27.9 Å². The molecule has 1 N–H and O–H groups in total. The lowest BCUT2D eigenvalue weighted by Gasteiger charge is -2.25. The van der Waals surface area contributed by atoms with Crippen LogP contribution in [-0.2, 0) is 11.3 Å². The van der Waals surface area contributed by atoms with E-state index in [1.54, 1.807) is 5.51 Å². The van der Waals surface area contributed by atoms with Gasteiger partial charge in [-0.3, -0.25) is 9.69 Å². The monoisotopic (exact) mass is 441 g/mol. The SMILES string of the molecule is Cc1ccc(CN2CC[C@H]3[C@H]2CCN3C(=O)c2cscn2)cc1.O=C(O)C(F)(F)F. The number of rotatable bonds is 3. The third-order valence-corrected chi connectivity index (χ3v) is 5.94. The van der Waals surface area contributed by atoms with E-state index in [2.05, 4.69) is 46.0 Å². The summed E-state index contributed by atoms with van der Waals surface area (Å²) in [7, 11) is 0. The topological polar surface area (TPSA) is 73.7 Å². The summed E-state index contributed by atoms with van der Waals surface area (Å²) in [6, 6.07) is 9.64. The van der Waals surface area contributed by atoms with Gasteiger partial charge in [-0.2, -0.15) is 13.2 Å². The molecule has 30 heavy (non-hydrogen) atoms. The van der Waals surface area contributed by atoms with E-state index in [1.165, 1.54) is 22.5 Å². The number of carboxylic acids is 1. The van der Waals surface area contributed by atoms with Gasteiger partial charge in [-0.15, -0.1) is 11.3 Å². The van der Waals surface area contributed by atoms with Crippen molar-refractivity contribution in [1.82, 2.24) is 14.8 Å². The maximum atomic E-state index is 12.6. The van der Waals surface area contributed by atoms with Gasteiger partial charge in [0, 0.05) is 37.1 Å². The number of benzene rings is 1. The first-order valence-electron chi connectivity index (χ1n) is 9.45. The van der Waals surface area contributed by atoms with Gasteiger partial charge in [-0.25, -0.2) is 9.78 Å². The second-order valence-electron chi connectivity index (χ2n) is 7.34. The van der Waals surface area contributed by atoms with Gasteiger partial charge in [0.05, 0.1) is 5.51 Å². The Hall–Kier alpha value is -2.46. The van der Waals surface area contributed by atoms with Crippen molar-refractivity contribution in [3.05, 3.63) is 52.0 Å². The molecule has 0 saturated carbocycles. The molecule has 0 aliphatic carbocycles. The van der Waals surface area contributed by atoms with Crippen molar-refractivity contribution in [2.24, 2.45) is 0 Å². The molecule has 1 amide bonds. The number of carboxylic acid groups (broad SMARTS) is 1. The summed E-state index contributed by atoms with van der Waals surface area (Å²) in [5.41, 5.74) is 5.00. The Morgan fingerprint density at radius 3 is 2.37 bits per heavy atom. The molecule has 4 rings (SSSR count). The van der Waals surface area contributed by atoms with E-state index in [-0.39, 0.29) is 5.91 Å². The molecular formula is C20H22F3N3O3S. The maximum absolute atomic E-state index is 12.6. The number of aromatic nitrogens is 1. The molecule has 10 heteroatoms. The van der Waals surface area contributed by atoms with Gasteiger partial charge in [0.25, 0.3) is 5.91 Å². The van der Waals surface area contributed by atoms with Gasteiger partial charge in [-0.1, -0.05) is 29.8 Å². The van der Waals surface area contributed by atoms with Crippen LogP contribution in [0.25, 0.3) is 0 Å². The minimum Gasteiger partial charge on any atom is -0.475 e. The molecule has 2 saturated heterocycles. The highest BCUT2D eigenvalue weighted by molar-refractivity contribution is 7.07. The number of hydrogen-bond acceptors (Lipinski definition) is 5. The van der Waals surface area contributed by atoms with E-state index in [0.29, 0.717) is 17.8 Å². The summed E-state index contributed by atoms with van der Waals surface area (Å²) in [5.74, 6) is -2.65. The number of carbonyl (C=O) groups is 2. The van der Waals surface area contributed by atoms with Crippen molar-refractivity contribution >= 4 is 23.2 Å². The van der Waals surface area contributed by atoms with Crippen LogP contribution < -0.4 is 0 Å². The molecule has 0 radical (unpaired) electrons. The number of aliphatic carboxylic acids is 1. The Morgan fingerprint density at radius 1 is 1.17 bits per heavy atom. The van der Waals surface area contributed by atoms with Crippen LogP contribution in [0.1, 0.15) is 34.5 Å². The Balaban J connectivity index is 0.000000318. The highest BCUT2D eigenvalue weighted by atomic mass is 32.1. The van der Waals surface area contributed by atoms with Crippen LogP contribution in [0.15, 0.2) is 35.2 Å². The number of amides is 1. The maximum Gasteiger partial charge on any atom is 0.490 e. The summed E-state index contributed by atoms with van der Waals surface area (Å²) in [5, 5.41) is 8.98. The van der Waals surface area contributed by atoms with Crippen molar-refractivity contribution in [2.75, 3.05) is 13.1 Å². The Kier molecular flexibility index (Phi) is 6.77. The van der Waals surface area contributed by atoms with Crippen molar-refractivity contribution in [3.63, 3.8) is 0 Å². The zero-order valence-corrected chi connectivity index (χ0v) is 17.1. The smallest absolute Gasteiger partial charge is 0.475 e. The number of alkyl halides is 3. The lowest BCUT2D eigenvalue weighted by Crippen LogP contribution is -2.39. The van der Waals surface area contributed by atoms with E-state index in [4.69, 9.17) is 9.90 Å². The van der Waals surface area contributed by atoms with E-state index in [0.717, 1.165) is 32.5 Å². The van der Waals surface area contributed by atoms with E-state index >= 15 is 0 Å². The first-order valence-corrected chi connectivity index (χ1v) is 10.4. The standard InChI is InChI=1S/C18H21N3OS.C2HF3O2/c1-13-2-4-14(5-3-13)10-20-8-6-17-16(20)7-9-21(17)18(22)15-11-23-12-19-15;3-2(4,5)1(6)7/h2-5,11-12,16-17H,6-10H2,1H3;(H,6,7)/t16-,17+;/m1./s1. The number of fused-ring (bicyclic) bond motifs is 1. The molecule has 6 nitrogen and oxygen atoms in total. The molecule has 1 aromatic heterocycles. The Bertz CT molecular complexity index is 872. The van der Waals surface area contributed by atoms with Crippen LogP contribution >= 0.6 is 11.3 Å². The first-order chi connectivity index (χ1) is 14.2. The predicted octanol–water partition coefficient (Wildman–Crippen LogP) is 3.57. The average Bonchev–Trinajstić information content (AvgIpc) is 3.41. The zero-order chi connectivity index (χ0) is 21.9. The number of halogens is 3. The second-order valence-corrected chi connectivity index (χ2v) is 8.06. The highest BCUT2D eigenvalue weighted by Gasteiger charge is 2.44. The molecule has 2 aliphatic rings. The molecule has 0 bridgehead atoms. The lowest BCUT2D eigenvalue weighted by atomic mass is 10.1. The van der Waals surface area contributed by atoms with E-state index < -0.39 is 12.1 Å². The van der Waals surface area contributed by atoms with E-state index in [9.17, 15) is 18.0 Å². The fourth-order valence-electron chi connectivity index (χ4n) is 3.92.